The zero-order chi connectivity index (χ0) is 16.8. The highest BCUT2D eigenvalue weighted by atomic mass is 79.9. The zero-order valence-corrected chi connectivity index (χ0v) is 13.5. The first-order valence-electron chi connectivity index (χ1n) is 6.68. The fourth-order valence-corrected chi connectivity index (χ4v) is 2.73. The maximum Gasteiger partial charge on any atom is 0.416 e. The fraction of sp³-hybridized carbons (Fsp3) is 0.188. The minimum absolute atomic E-state index is 0.0314. The second-order valence-corrected chi connectivity index (χ2v) is 5.92. The van der Waals surface area contributed by atoms with E-state index in [0.717, 1.165) is 16.1 Å². The monoisotopic (exact) mass is 385 g/mol. The van der Waals surface area contributed by atoms with E-state index in [-0.39, 0.29) is 22.6 Å². The Bertz CT molecular complexity index is 887. The van der Waals surface area contributed by atoms with Crippen LogP contribution in [0.4, 0.5) is 13.2 Å². The van der Waals surface area contributed by atoms with Gasteiger partial charge in [0.2, 0.25) is 5.89 Å². The first-order chi connectivity index (χ1) is 10.8. The van der Waals surface area contributed by atoms with E-state index in [2.05, 4.69) is 20.9 Å². The van der Waals surface area contributed by atoms with Crippen molar-refractivity contribution in [3.63, 3.8) is 0 Å². The molecule has 0 aliphatic rings. The lowest BCUT2D eigenvalue weighted by atomic mass is 10.1. The molecule has 0 unspecified atom stereocenters. The molecule has 3 rings (SSSR count). The lowest BCUT2D eigenvalue weighted by molar-refractivity contribution is -0.138. The molecular weight excluding hydrogens is 375 g/mol. The Balaban J connectivity index is 2.21. The number of hydrogen-bond acceptors (Lipinski definition) is 3. The van der Waals surface area contributed by atoms with Crippen molar-refractivity contribution >= 4 is 27.0 Å². The minimum atomic E-state index is -4.56. The Labute approximate surface area is 137 Å². The SMILES string of the molecule is Cc1c(Br)cccc1-c1nc2cc(CO)c(C(F)(F)F)cc2o1. The lowest BCUT2D eigenvalue weighted by Crippen LogP contribution is -2.09. The fourth-order valence-electron chi connectivity index (χ4n) is 2.37. The van der Waals surface area contributed by atoms with Crippen LogP contribution in [0, 0.1) is 6.92 Å². The van der Waals surface area contributed by atoms with Gasteiger partial charge in [0, 0.05) is 10.0 Å². The second-order valence-electron chi connectivity index (χ2n) is 5.06. The van der Waals surface area contributed by atoms with Crippen molar-refractivity contribution in [2.45, 2.75) is 19.7 Å². The number of fused-ring (bicyclic) bond motifs is 1. The lowest BCUT2D eigenvalue weighted by Gasteiger charge is -2.10. The van der Waals surface area contributed by atoms with Crippen LogP contribution in [-0.2, 0) is 12.8 Å². The van der Waals surface area contributed by atoms with Crippen molar-refractivity contribution < 1.29 is 22.7 Å². The number of rotatable bonds is 2. The van der Waals surface area contributed by atoms with Gasteiger partial charge in [0.1, 0.15) is 5.52 Å². The van der Waals surface area contributed by atoms with Crippen LogP contribution in [0.25, 0.3) is 22.6 Å². The van der Waals surface area contributed by atoms with E-state index >= 15 is 0 Å². The predicted molar refractivity (Wildman–Crippen MR) is 82.8 cm³/mol. The first-order valence-corrected chi connectivity index (χ1v) is 7.47. The number of benzene rings is 2. The molecule has 2 aromatic carbocycles. The molecule has 0 aliphatic carbocycles. The highest BCUT2D eigenvalue weighted by Gasteiger charge is 2.34. The van der Waals surface area contributed by atoms with Crippen molar-refractivity contribution in [1.29, 1.82) is 0 Å². The number of aliphatic hydroxyl groups is 1. The van der Waals surface area contributed by atoms with Crippen molar-refractivity contribution in [2.75, 3.05) is 0 Å². The van der Waals surface area contributed by atoms with Crippen molar-refractivity contribution in [2.24, 2.45) is 0 Å². The van der Waals surface area contributed by atoms with Gasteiger partial charge >= 0.3 is 6.18 Å². The van der Waals surface area contributed by atoms with Crippen LogP contribution in [-0.4, -0.2) is 10.1 Å². The summed E-state index contributed by atoms with van der Waals surface area (Å²) in [5.74, 6) is 0.238. The van der Waals surface area contributed by atoms with Gasteiger partial charge in [-0.3, -0.25) is 0 Å². The van der Waals surface area contributed by atoms with Gasteiger partial charge in [0.25, 0.3) is 0 Å². The summed E-state index contributed by atoms with van der Waals surface area (Å²) in [6, 6.07) is 7.51. The van der Waals surface area contributed by atoms with Gasteiger partial charge in [0.05, 0.1) is 12.2 Å². The molecule has 0 saturated heterocycles. The first kappa shape index (κ1) is 16.0. The van der Waals surface area contributed by atoms with Gasteiger partial charge in [-0.1, -0.05) is 22.0 Å². The molecule has 3 nitrogen and oxygen atoms in total. The third-order valence-electron chi connectivity index (χ3n) is 3.59. The third kappa shape index (κ3) is 2.86. The van der Waals surface area contributed by atoms with E-state index in [1.807, 2.05) is 13.0 Å². The largest absolute Gasteiger partial charge is 0.436 e. The normalized spacial score (nSPS) is 12.1. The number of aliphatic hydroxyl groups excluding tert-OH is 1. The summed E-state index contributed by atoms with van der Waals surface area (Å²) in [5, 5.41) is 9.18. The van der Waals surface area contributed by atoms with E-state index < -0.39 is 18.3 Å². The topological polar surface area (TPSA) is 46.3 Å². The van der Waals surface area contributed by atoms with Gasteiger partial charge in [-0.2, -0.15) is 13.2 Å². The molecule has 0 atom stereocenters. The van der Waals surface area contributed by atoms with Crippen LogP contribution in [0.2, 0.25) is 0 Å². The summed E-state index contributed by atoms with van der Waals surface area (Å²) in [6.07, 6.45) is -4.56. The Hall–Kier alpha value is -1.86. The second kappa shape index (κ2) is 5.65. The number of hydrogen-bond donors (Lipinski definition) is 1. The minimum Gasteiger partial charge on any atom is -0.436 e. The molecule has 23 heavy (non-hydrogen) atoms. The summed E-state index contributed by atoms with van der Waals surface area (Å²) in [7, 11) is 0. The van der Waals surface area contributed by atoms with Crippen LogP contribution < -0.4 is 0 Å². The third-order valence-corrected chi connectivity index (χ3v) is 4.45. The van der Waals surface area contributed by atoms with Crippen LogP contribution in [0.1, 0.15) is 16.7 Å². The van der Waals surface area contributed by atoms with Crippen molar-refractivity contribution in [1.82, 2.24) is 4.98 Å². The maximum atomic E-state index is 13.0. The predicted octanol–water partition coefficient (Wildman–Crippen LogP) is 5.08. The van der Waals surface area contributed by atoms with Crippen molar-refractivity contribution in [3.05, 3.63) is 51.5 Å². The number of oxazole rings is 1. The quantitative estimate of drug-likeness (QED) is 0.669. The Morgan fingerprint density at radius 1 is 1.26 bits per heavy atom. The molecule has 3 aromatic rings. The molecule has 0 saturated carbocycles. The average Bonchev–Trinajstić information content (AvgIpc) is 2.90. The molecule has 0 radical (unpaired) electrons. The smallest absolute Gasteiger partial charge is 0.416 e. The van der Waals surface area contributed by atoms with Gasteiger partial charge in [-0.15, -0.1) is 0 Å². The molecule has 1 aromatic heterocycles. The van der Waals surface area contributed by atoms with Crippen LogP contribution in [0.3, 0.4) is 0 Å². The summed E-state index contributed by atoms with van der Waals surface area (Å²) >= 11 is 3.40. The number of halogens is 4. The number of alkyl halides is 3. The molecule has 0 bridgehead atoms. The highest BCUT2D eigenvalue weighted by Crippen LogP contribution is 2.36. The summed E-state index contributed by atoms with van der Waals surface area (Å²) < 4.78 is 45.5. The summed E-state index contributed by atoms with van der Waals surface area (Å²) in [4.78, 5) is 4.25. The van der Waals surface area contributed by atoms with Gasteiger partial charge < -0.3 is 9.52 Å². The van der Waals surface area contributed by atoms with E-state index in [9.17, 15) is 18.3 Å². The standard InChI is InChI=1S/C16H11BrF3NO2/c1-8-10(3-2-4-12(8)17)15-21-13-5-9(7-22)11(16(18,19)20)6-14(13)23-15/h2-6,22H,7H2,1H3. The average molecular weight is 386 g/mol. The molecule has 0 fully saturated rings. The Morgan fingerprint density at radius 3 is 2.65 bits per heavy atom. The zero-order valence-electron chi connectivity index (χ0n) is 11.9. The van der Waals surface area contributed by atoms with E-state index in [1.54, 1.807) is 12.1 Å². The Kier molecular flexibility index (Phi) is 3.93. The molecule has 0 aliphatic heterocycles. The molecule has 0 spiro atoms. The van der Waals surface area contributed by atoms with Gasteiger partial charge in [-0.05, 0) is 42.3 Å². The Morgan fingerprint density at radius 2 is 2.00 bits per heavy atom. The molecule has 7 heteroatoms. The number of aromatic nitrogens is 1. The summed E-state index contributed by atoms with van der Waals surface area (Å²) in [6.45, 7) is 1.14. The molecule has 0 amide bonds. The van der Waals surface area contributed by atoms with Crippen molar-refractivity contribution in [3.8, 4) is 11.5 Å². The molecule has 120 valence electrons. The molecular formula is C16H11BrF3NO2. The molecule has 1 heterocycles. The maximum absolute atomic E-state index is 13.0. The van der Waals surface area contributed by atoms with Crippen LogP contribution in [0.5, 0.6) is 0 Å². The van der Waals surface area contributed by atoms with Gasteiger partial charge in [-0.25, -0.2) is 4.98 Å². The van der Waals surface area contributed by atoms with E-state index in [0.29, 0.717) is 5.56 Å². The van der Waals surface area contributed by atoms with Crippen LogP contribution >= 0.6 is 15.9 Å². The van der Waals surface area contributed by atoms with Crippen LogP contribution in [0.15, 0.2) is 39.2 Å². The highest BCUT2D eigenvalue weighted by molar-refractivity contribution is 9.10. The van der Waals surface area contributed by atoms with Gasteiger partial charge in [0.15, 0.2) is 5.58 Å². The summed E-state index contributed by atoms with van der Waals surface area (Å²) in [5.41, 5.74) is 0.726. The van der Waals surface area contributed by atoms with E-state index in [4.69, 9.17) is 4.42 Å². The molecule has 1 N–H and O–H groups in total. The van der Waals surface area contributed by atoms with E-state index in [1.165, 1.54) is 6.07 Å². The number of nitrogens with zero attached hydrogens (tertiary/aromatic N) is 1.